The van der Waals surface area contributed by atoms with Gasteiger partial charge < -0.3 is 20.5 Å². The molecule has 9 heteroatoms. The number of nitrogens with one attached hydrogen (secondary N) is 1. The molecule has 0 bridgehead atoms. The standard InChI is InChI=1S/C14H19N3O5.ClH/c1-21-12-3-2-10(8-11(12)17(19)20)9-16-13(18)14(15)4-6-22-7-5-14;/h2-3,8H,4-7,9,15H2,1H3,(H,16,18);1H. The minimum Gasteiger partial charge on any atom is -0.490 e. The lowest BCUT2D eigenvalue weighted by Gasteiger charge is -2.31. The molecule has 1 amide bonds. The first kappa shape index (κ1) is 19.1. The molecule has 0 aliphatic carbocycles. The van der Waals surface area contributed by atoms with Crippen molar-refractivity contribution in [2.24, 2.45) is 5.73 Å². The van der Waals surface area contributed by atoms with Gasteiger partial charge in [0.2, 0.25) is 5.91 Å². The lowest BCUT2D eigenvalue weighted by Crippen LogP contribution is -2.56. The van der Waals surface area contributed by atoms with E-state index in [0.29, 0.717) is 31.6 Å². The van der Waals surface area contributed by atoms with Crippen LogP contribution in [-0.2, 0) is 16.1 Å². The highest BCUT2D eigenvalue weighted by Crippen LogP contribution is 2.27. The van der Waals surface area contributed by atoms with Gasteiger partial charge in [-0.05, 0) is 24.5 Å². The van der Waals surface area contributed by atoms with Crippen molar-refractivity contribution in [3.8, 4) is 5.75 Å². The quantitative estimate of drug-likeness (QED) is 0.610. The third-order valence-corrected chi connectivity index (χ3v) is 3.73. The number of nitro groups is 1. The number of carbonyl (C=O) groups excluding carboxylic acids is 1. The smallest absolute Gasteiger partial charge is 0.311 e. The third kappa shape index (κ3) is 4.54. The van der Waals surface area contributed by atoms with E-state index < -0.39 is 10.5 Å². The van der Waals surface area contributed by atoms with Crippen molar-refractivity contribution in [3.05, 3.63) is 33.9 Å². The molecule has 0 aromatic heterocycles. The van der Waals surface area contributed by atoms with Crippen molar-refractivity contribution in [1.29, 1.82) is 0 Å². The van der Waals surface area contributed by atoms with E-state index >= 15 is 0 Å². The first-order chi connectivity index (χ1) is 10.5. The minimum atomic E-state index is -0.934. The molecule has 1 aromatic carbocycles. The average Bonchev–Trinajstić information content (AvgIpc) is 2.52. The maximum atomic E-state index is 12.2. The van der Waals surface area contributed by atoms with Crippen LogP contribution in [0.1, 0.15) is 18.4 Å². The molecule has 2 rings (SSSR count). The molecule has 1 aliphatic heterocycles. The van der Waals surface area contributed by atoms with Gasteiger partial charge in [-0.25, -0.2) is 0 Å². The fourth-order valence-corrected chi connectivity index (χ4v) is 2.31. The van der Waals surface area contributed by atoms with Gasteiger partial charge in [0.25, 0.3) is 0 Å². The summed E-state index contributed by atoms with van der Waals surface area (Å²) in [5.41, 5.74) is 5.61. The number of rotatable bonds is 5. The maximum Gasteiger partial charge on any atom is 0.311 e. The number of nitrogens with zero attached hydrogens (tertiary/aromatic N) is 1. The van der Waals surface area contributed by atoms with Gasteiger partial charge in [-0.2, -0.15) is 0 Å². The summed E-state index contributed by atoms with van der Waals surface area (Å²) in [6.45, 7) is 1.08. The summed E-state index contributed by atoms with van der Waals surface area (Å²) in [6.07, 6.45) is 0.920. The van der Waals surface area contributed by atoms with Crippen LogP contribution in [0.2, 0.25) is 0 Å². The summed E-state index contributed by atoms with van der Waals surface area (Å²) in [7, 11) is 1.37. The largest absolute Gasteiger partial charge is 0.490 e. The lowest BCUT2D eigenvalue weighted by molar-refractivity contribution is -0.385. The fourth-order valence-electron chi connectivity index (χ4n) is 2.31. The Kier molecular flexibility index (Phi) is 6.74. The van der Waals surface area contributed by atoms with Crippen molar-refractivity contribution in [3.63, 3.8) is 0 Å². The van der Waals surface area contributed by atoms with Gasteiger partial charge in [-0.1, -0.05) is 6.07 Å². The summed E-state index contributed by atoms with van der Waals surface area (Å²) in [5.74, 6) is -0.0888. The van der Waals surface area contributed by atoms with Gasteiger partial charge in [0, 0.05) is 25.8 Å². The molecule has 0 radical (unpaired) electrons. The summed E-state index contributed by atoms with van der Waals surface area (Å²) in [5, 5.41) is 13.7. The Bertz CT molecular complexity index is 576. The van der Waals surface area contributed by atoms with Crippen LogP contribution >= 0.6 is 12.4 Å². The molecule has 1 aliphatic rings. The van der Waals surface area contributed by atoms with Crippen LogP contribution in [-0.4, -0.2) is 36.7 Å². The predicted octanol–water partition coefficient (Wildman–Crippen LogP) is 1.15. The van der Waals surface area contributed by atoms with Crippen LogP contribution in [0.15, 0.2) is 18.2 Å². The molecule has 1 aromatic rings. The SMILES string of the molecule is COc1ccc(CNC(=O)C2(N)CCOCC2)cc1[N+](=O)[O-].Cl. The summed E-state index contributed by atoms with van der Waals surface area (Å²) in [6, 6.07) is 4.55. The zero-order chi connectivity index (χ0) is 16.2. The predicted molar refractivity (Wildman–Crippen MR) is 85.7 cm³/mol. The van der Waals surface area contributed by atoms with Gasteiger partial charge >= 0.3 is 5.69 Å². The molecule has 1 saturated heterocycles. The van der Waals surface area contributed by atoms with Crippen molar-refractivity contribution in [1.82, 2.24) is 5.32 Å². The number of hydrogen-bond acceptors (Lipinski definition) is 6. The third-order valence-electron chi connectivity index (χ3n) is 3.73. The van der Waals surface area contributed by atoms with Crippen LogP contribution in [0.3, 0.4) is 0 Å². The van der Waals surface area contributed by atoms with Gasteiger partial charge in [0.05, 0.1) is 17.6 Å². The summed E-state index contributed by atoms with van der Waals surface area (Å²) in [4.78, 5) is 22.6. The number of nitrogens with two attached hydrogens (primary N) is 1. The first-order valence-corrected chi connectivity index (χ1v) is 6.92. The van der Waals surface area contributed by atoms with Crippen molar-refractivity contribution in [2.45, 2.75) is 24.9 Å². The monoisotopic (exact) mass is 345 g/mol. The molecule has 8 nitrogen and oxygen atoms in total. The number of ether oxygens (including phenoxy) is 2. The van der Waals surface area contributed by atoms with E-state index in [1.165, 1.54) is 19.2 Å². The van der Waals surface area contributed by atoms with Crippen molar-refractivity contribution >= 4 is 24.0 Å². The minimum absolute atomic E-state index is 0. The van der Waals surface area contributed by atoms with E-state index in [1.54, 1.807) is 6.07 Å². The second-order valence-electron chi connectivity index (χ2n) is 5.21. The Balaban J connectivity index is 0.00000264. The summed E-state index contributed by atoms with van der Waals surface area (Å²) >= 11 is 0. The number of amides is 1. The molecule has 3 N–H and O–H groups in total. The molecule has 128 valence electrons. The average molecular weight is 346 g/mol. The Labute approximate surface area is 139 Å². The zero-order valence-electron chi connectivity index (χ0n) is 12.7. The molecular formula is C14H20ClN3O5. The van der Waals surface area contributed by atoms with Crippen molar-refractivity contribution in [2.75, 3.05) is 20.3 Å². The number of halogens is 1. The lowest BCUT2D eigenvalue weighted by atomic mass is 9.90. The second-order valence-corrected chi connectivity index (χ2v) is 5.21. The van der Waals surface area contributed by atoms with Crippen LogP contribution in [0.25, 0.3) is 0 Å². The van der Waals surface area contributed by atoms with Crippen LogP contribution in [0.5, 0.6) is 5.75 Å². The van der Waals surface area contributed by atoms with E-state index in [9.17, 15) is 14.9 Å². The Hall–Kier alpha value is -1.90. The molecule has 0 atom stereocenters. The van der Waals surface area contributed by atoms with Crippen LogP contribution < -0.4 is 15.8 Å². The summed E-state index contributed by atoms with van der Waals surface area (Å²) < 4.78 is 10.1. The highest BCUT2D eigenvalue weighted by molar-refractivity contribution is 5.86. The number of benzene rings is 1. The van der Waals surface area contributed by atoms with Crippen LogP contribution in [0.4, 0.5) is 5.69 Å². The van der Waals surface area contributed by atoms with Gasteiger partial charge in [-0.3, -0.25) is 14.9 Å². The van der Waals surface area contributed by atoms with Crippen LogP contribution in [0, 0.1) is 10.1 Å². The Morgan fingerprint density at radius 1 is 1.48 bits per heavy atom. The Morgan fingerprint density at radius 2 is 2.13 bits per heavy atom. The molecule has 0 unspecified atom stereocenters. The van der Waals surface area contributed by atoms with E-state index in [4.69, 9.17) is 15.2 Å². The van der Waals surface area contributed by atoms with Gasteiger partial charge in [-0.15, -0.1) is 12.4 Å². The van der Waals surface area contributed by atoms with Crippen molar-refractivity contribution < 1.29 is 19.2 Å². The number of hydrogen-bond donors (Lipinski definition) is 2. The molecule has 0 saturated carbocycles. The topological polar surface area (TPSA) is 117 Å². The van der Waals surface area contributed by atoms with E-state index in [2.05, 4.69) is 5.32 Å². The van der Waals surface area contributed by atoms with Gasteiger partial charge in [0.1, 0.15) is 0 Å². The van der Waals surface area contributed by atoms with E-state index in [0.717, 1.165) is 0 Å². The number of carbonyl (C=O) groups is 1. The number of methoxy groups -OCH3 is 1. The zero-order valence-corrected chi connectivity index (χ0v) is 13.6. The maximum absolute atomic E-state index is 12.2. The van der Waals surface area contributed by atoms with Gasteiger partial charge in [0.15, 0.2) is 5.75 Å². The highest BCUT2D eigenvalue weighted by atomic mass is 35.5. The molecule has 1 heterocycles. The first-order valence-electron chi connectivity index (χ1n) is 6.92. The second kappa shape index (κ2) is 8.09. The molecular weight excluding hydrogens is 326 g/mol. The fraction of sp³-hybridized carbons (Fsp3) is 0.500. The molecule has 0 spiro atoms. The van der Waals surface area contributed by atoms with E-state index in [1.807, 2.05) is 0 Å². The highest BCUT2D eigenvalue weighted by Gasteiger charge is 2.35. The Morgan fingerprint density at radius 3 is 2.70 bits per heavy atom. The molecule has 1 fully saturated rings. The van der Waals surface area contributed by atoms with E-state index in [-0.39, 0.29) is 36.3 Å². The molecule has 23 heavy (non-hydrogen) atoms. The normalized spacial score (nSPS) is 16.1. The number of nitro benzene ring substituents is 1.